The van der Waals surface area contributed by atoms with E-state index >= 15 is 0 Å². The molecule has 2 aromatic rings. The number of halogens is 3. The highest BCUT2D eigenvalue weighted by atomic mass is 32.2. The van der Waals surface area contributed by atoms with Crippen molar-refractivity contribution >= 4 is 27.3 Å². The maximum absolute atomic E-state index is 12.5. The molecule has 2 heterocycles. The minimum atomic E-state index is -4.56. The highest BCUT2D eigenvalue weighted by molar-refractivity contribution is 7.91. The van der Waals surface area contributed by atoms with Crippen LogP contribution in [-0.2, 0) is 16.2 Å². The van der Waals surface area contributed by atoms with Crippen molar-refractivity contribution in [2.75, 3.05) is 25.5 Å². The van der Waals surface area contributed by atoms with Crippen LogP contribution in [0.4, 0.5) is 19.1 Å². The lowest BCUT2D eigenvalue weighted by atomic mass is 10.4. The van der Waals surface area contributed by atoms with E-state index in [-0.39, 0.29) is 23.2 Å². The Labute approximate surface area is 135 Å². The molecule has 126 valence electrons. The summed E-state index contributed by atoms with van der Waals surface area (Å²) in [6, 6.07) is 3.87. The van der Waals surface area contributed by atoms with Gasteiger partial charge in [-0.3, -0.25) is 0 Å². The maximum atomic E-state index is 12.5. The van der Waals surface area contributed by atoms with Gasteiger partial charge in [0.1, 0.15) is 9.90 Å². The summed E-state index contributed by atoms with van der Waals surface area (Å²) in [6.07, 6.45) is -3.57. The van der Waals surface area contributed by atoms with Crippen molar-refractivity contribution in [2.45, 2.75) is 10.4 Å². The fourth-order valence-electron chi connectivity index (χ4n) is 1.61. The Morgan fingerprint density at radius 1 is 1.35 bits per heavy atom. The molecule has 23 heavy (non-hydrogen) atoms. The van der Waals surface area contributed by atoms with Gasteiger partial charge in [-0.05, 0) is 17.5 Å². The molecule has 0 saturated carbocycles. The largest absolute Gasteiger partial charge is 0.433 e. The molecule has 2 rings (SSSR count). The van der Waals surface area contributed by atoms with Crippen molar-refractivity contribution in [1.29, 1.82) is 0 Å². The second-order valence-electron chi connectivity index (χ2n) is 4.45. The predicted molar refractivity (Wildman–Crippen MR) is 79.7 cm³/mol. The number of nitrogens with zero attached hydrogens (tertiary/aromatic N) is 3. The van der Waals surface area contributed by atoms with Gasteiger partial charge in [0.05, 0.1) is 0 Å². The van der Waals surface area contributed by atoms with Crippen LogP contribution in [0.5, 0.6) is 0 Å². The first-order chi connectivity index (χ1) is 10.7. The molecule has 0 amide bonds. The molecule has 6 nitrogen and oxygen atoms in total. The molecule has 11 heteroatoms. The van der Waals surface area contributed by atoms with Crippen molar-refractivity contribution in [3.05, 3.63) is 35.5 Å². The van der Waals surface area contributed by atoms with E-state index in [0.29, 0.717) is 0 Å². The molecular weight excluding hydrogens is 353 g/mol. The molecule has 0 bridgehead atoms. The zero-order chi connectivity index (χ0) is 17.1. The van der Waals surface area contributed by atoms with Gasteiger partial charge in [0.25, 0.3) is 10.0 Å². The quantitative estimate of drug-likeness (QED) is 0.849. The van der Waals surface area contributed by atoms with Crippen LogP contribution in [0.2, 0.25) is 0 Å². The number of sulfonamides is 1. The third-order valence-electron chi connectivity index (χ3n) is 2.82. The molecule has 0 atom stereocenters. The lowest BCUT2D eigenvalue weighted by Crippen LogP contribution is -2.31. The first-order valence-electron chi connectivity index (χ1n) is 6.35. The number of alkyl halides is 3. The van der Waals surface area contributed by atoms with Crippen LogP contribution in [0.1, 0.15) is 5.69 Å². The molecule has 0 saturated heterocycles. The monoisotopic (exact) mass is 366 g/mol. The Balaban J connectivity index is 1.95. The topological polar surface area (TPSA) is 75.2 Å². The molecule has 0 aromatic carbocycles. The lowest BCUT2D eigenvalue weighted by molar-refractivity contribution is -0.141. The minimum absolute atomic E-state index is 0.0554. The van der Waals surface area contributed by atoms with Crippen molar-refractivity contribution in [1.82, 2.24) is 14.3 Å². The van der Waals surface area contributed by atoms with Gasteiger partial charge in [-0.1, -0.05) is 6.07 Å². The first kappa shape index (κ1) is 17.6. The van der Waals surface area contributed by atoms with E-state index in [1.807, 2.05) is 0 Å². The number of aromatic nitrogens is 2. The number of anilines is 1. The van der Waals surface area contributed by atoms with Crippen LogP contribution in [0.3, 0.4) is 0 Å². The molecule has 2 aromatic heterocycles. The second-order valence-corrected chi connectivity index (χ2v) is 7.67. The first-order valence-corrected chi connectivity index (χ1v) is 8.67. The number of hydrogen-bond donors (Lipinski definition) is 1. The van der Waals surface area contributed by atoms with Gasteiger partial charge in [0, 0.05) is 26.3 Å². The van der Waals surface area contributed by atoms with Gasteiger partial charge >= 0.3 is 6.18 Å². The number of thiophene rings is 1. The van der Waals surface area contributed by atoms with Crippen LogP contribution < -0.4 is 5.32 Å². The van der Waals surface area contributed by atoms with Crippen LogP contribution in [-0.4, -0.2) is 42.8 Å². The molecule has 0 fully saturated rings. The Bertz CT molecular complexity index is 748. The van der Waals surface area contributed by atoms with E-state index in [4.69, 9.17) is 0 Å². The van der Waals surface area contributed by atoms with Gasteiger partial charge in [-0.2, -0.15) is 17.5 Å². The molecular formula is C12H13F3N4O2S2. The zero-order valence-electron chi connectivity index (χ0n) is 11.9. The van der Waals surface area contributed by atoms with Crippen molar-refractivity contribution in [3.8, 4) is 0 Å². The smallest absolute Gasteiger partial charge is 0.353 e. The zero-order valence-corrected chi connectivity index (χ0v) is 13.5. The van der Waals surface area contributed by atoms with E-state index in [0.717, 1.165) is 27.9 Å². The summed E-state index contributed by atoms with van der Waals surface area (Å²) < 4.78 is 63.2. The average Bonchev–Trinajstić information content (AvgIpc) is 3.01. The van der Waals surface area contributed by atoms with Crippen LogP contribution in [0, 0.1) is 0 Å². The van der Waals surface area contributed by atoms with E-state index in [1.54, 1.807) is 11.4 Å². The third kappa shape index (κ3) is 4.39. The summed E-state index contributed by atoms with van der Waals surface area (Å²) in [5.41, 5.74) is -1.06. The second kappa shape index (κ2) is 6.81. The summed E-state index contributed by atoms with van der Waals surface area (Å²) in [6.45, 7) is 0.127. The Hall–Kier alpha value is -1.72. The third-order valence-corrected chi connectivity index (χ3v) is 6.05. The van der Waals surface area contributed by atoms with Crippen LogP contribution >= 0.6 is 11.3 Å². The van der Waals surface area contributed by atoms with Gasteiger partial charge < -0.3 is 5.32 Å². The minimum Gasteiger partial charge on any atom is -0.353 e. The molecule has 0 aliphatic carbocycles. The van der Waals surface area contributed by atoms with Gasteiger partial charge in [0.15, 0.2) is 0 Å². The summed E-state index contributed by atoms with van der Waals surface area (Å²) >= 11 is 1.09. The Kier molecular flexibility index (Phi) is 5.22. The molecule has 0 aliphatic rings. The summed E-state index contributed by atoms with van der Waals surface area (Å²) in [5.74, 6) is -0.207. The van der Waals surface area contributed by atoms with Crippen LogP contribution in [0.15, 0.2) is 34.0 Å². The fourth-order valence-corrected chi connectivity index (χ4v) is 3.98. The fraction of sp³-hybridized carbons (Fsp3) is 0.333. The van der Waals surface area contributed by atoms with Gasteiger partial charge in [-0.25, -0.2) is 18.4 Å². The molecule has 0 spiro atoms. The van der Waals surface area contributed by atoms with Gasteiger partial charge in [-0.15, -0.1) is 11.3 Å². The SMILES string of the molecule is CN(CCNc1nccc(C(F)(F)F)n1)S(=O)(=O)c1cccs1. The molecule has 1 N–H and O–H groups in total. The normalized spacial score (nSPS) is 12.6. The van der Waals surface area contributed by atoms with Crippen LogP contribution in [0.25, 0.3) is 0 Å². The molecule has 0 aliphatic heterocycles. The van der Waals surface area contributed by atoms with E-state index in [9.17, 15) is 21.6 Å². The number of likely N-dealkylation sites (N-methyl/N-ethyl adjacent to an activating group) is 1. The number of hydrogen-bond acceptors (Lipinski definition) is 6. The standard InChI is InChI=1S/C12H13F3N4O2S2/c1-19(23(20,21)10-3-2-8-22-10)7-6-17-11-16-5-4-9(18-11)12(13,14)15/h2-5,8H,6-7H2,1H3,(H,16,17,18). The van der Waals surface area contributed by atoms with E-state index in [2.05, 4.69) is 15.3 Å². The number of nitrogens with one attached hydrogen (secondary N) is 1. The van der Waals surface area contributed by atoms with Gasteiger partial charge in [0.2, 0.25) is 5.95 Å². The summed E-state index contributed by atoms with van der Waals surface area (Å²) in [5, 5.41) is 4.23. The molecule has 0 unspecified atom stereocenters. The Morgan fingerprint density at radius 2 is 2.09 bits per heavy atom. The number of rotatable bonds is 6. The molecule has 0 radical (unpaired) electrons. The van der Waals surface area contributed by atoms with E-state index in [1.165, 1.54) is 13.1 Å². The van der Waals surface area contributed by atoms with Crippen molar-refractivity contribution < 1.29 is 21.6 Å². The van der Waals surface area contributed by atoms with E-state index < -0.39 is 21.9 Å². The average molecular weight is 366 g/mol. The Morgan fingerprint density at radius 3 is 2.70 bits per heavy atom. The van der Waals surface area contributed by atoms with Crippen molar-refractivity contribution in [2.24, 2.45) is 0 Å². The summed E-state index contributed by atoms with van der Waals surface area (Å²) in [7, 11) is -2.20. The van der Waals surface area contributed by atoms with Crippen molar-refractivity contribution in [3.63, 3.8) is 0 Å². The highest BCUT2D eigenvalue weighted by Crippen LogP contribution is 2.27. The maximum Gasteiger partial charge on any atom is 0.433 e. The summed E-state index contributed by atoms with van der Waals surface area (Å²) in [4.78, 5) is 7.01. The lowest BCUT2D eigenvalue weighted by Gasteiger charge is -2.16. The predicted octanol–water partition coefficient (Wildman–Crippen LogP) is 2.29. The highest BCUT2D eigenvalue weighted by Gasteiger charge is 2.32.